The molecular formula is C5H13Sn. The predicted octanol–water partition coefficient (Wildman–Crippen LogP) is 1.09. The summed E-state index contributed by atoms with van der Waals surface area (Å²) < 4.78 is 0. The molecule has 0 aromatic rings. The van der Waals surface area contributed by atoms with Gasteiger partial charge in [0, 0.05) is 0 Å². The average molecular weight is 192 g/mol. The fourth-order valence-electron chi connectivity index (χ4n) is 0.289. The van der Waals surface area contributed by atoms with Crippen LogP contribution in [0.5, 0.6) is 0 Å². The summed E-state index contributed by atoms with van der Waals surface area (Å²) in [4.78, 5) is 0. The van der Waals surface area contributed by atoms with Crippen molar-refractivity contribution in [1.82, 2.24) is 0 Å². The van der Waals surface area contributed by atoms with Crippen molar-refractivity contribution in [3.05, 3.63) is 6.42 Å². The molecule has 0 rings (SSSR count). The van der Waals surface area contributed by atoms with E-state index in [1.165, 1.54) is 12.8 Å². The summed E-state index contributed by atoms with van der Waals surface area (Å²) >= 11 is 0. The zero-order valence-corrected chi connectivity index (χ0v) is 8.73. The van der Waals surface area contributed by atoms with E-state index in [0.29, 0.717) is 0 Å². The van der Waals surface area contributed by atoms with Gasteiger partial charge in [-0.25, -0.2) is 0 Å². The Bertz CT molecular complexity index is 11.4. The van der Waals surface area contributed by atoms with Gasteiger partial charge >= 0.3 is 23.9 Å². The molecule has 0 atom stereocenters. The van der Waals surface area contributed by atoms with Gasteiger partial charge in [0.05, 0.1) is 0 Å². The minimum atomic E-state index is 0. The van der Waals surface area contributed by atoms with E-state index in [1.807, 2.05) is 0 Å². The summed E-state index contributed by atoms with van der Waals surface area (Å²) in [5.41, 5.74) is 0. The van der Waals surface area contributed by atoms with Crippen LogP contribution in [0, 0.1) is 6.42 Å². The van der Waals surface area contributed by atoms with Crippen molar-refractivity contribution in [2.45, 2.75) is 26.7 Å². The van der Waals surface area contributed by atoms with Crippen molar-refractivity contribution in [2.75, 3.05) is 0 Å². The molecule has 0 fully saturated rings. The third-order valence-corrected chi connectivity index (χ3v) is 0.577. The van der Waals surface area contributed by atoms with Crippen LogP contribution in [0.3, 0.4) is 0 Å². The Kier molecular flexibility index (Phi) is 15.3. The molecule has 0 aliphatic carbocycles. The monoisotopic (exact) mass is 193 g/mol. The third-order valence-electron chi connectivity index (χ3n) is 0.577. The Morgan fingerprint density at radius 1 is 1.17 bits per heavy atom. The molecule has 0 bridgehead atoms. The van der Waals surface area contributed by atoms with Crippen LogP contribution < -0.4 is 0 Å². The van der Waals surface area contributed by atoms with Gasteiger partial charge in [-0.15, -0.1) is 0 Å². The predicted molar refractivity (Wildman–Crippen MR) is 33.4 cm³/mol. The van der Waals surface area contributed by atoms with E-state index in [4.69, 9.17) is 0 Å². The maximum absolute atomic E-state index is 2.25. The Morgan fingerprint density at radius 3 is 1.50 bits per heavy atom. The Balaban J connectivity index is 0. The molecule has 0 saturated heterocycles. The third kappa shape index (κ3) is 8.84. The van der Waals surface area contributed by atoms with Crippen molar-refractivity contribution in [2.24, 2.45) is 0 Å². The van der Waals surface area contributed by atoms with E-state index in [1.54, 1.807) is 0 Å². The molecule has 0 N–H and O–H groups in total. The summed E-state index contributed by atoms with van der Waals surface area (Å²) in [7, 11) is 0. The van der Waals surface area contributed by atoms with Crippen LogP contribution in [0.15, 0.2) is 0 Å². The van der Waals surface area contributed by atoms with Crippen LogP contribution in [0.1, 0.15) is 26.7 Å². The van der Waals surface area contributed by atoms with Crippen LogP contribution in [-0.2, 0) is 0 Å². The molecule has 0 saturated carbocycles. The summed E-state index contributed by atoms with van der Waals surface area (Å²) in [6.45, 7) is 4.31. The Hall–Kier alpha value is 0.799. The van der Waals surface area contributed by atoms with Crippen molar-refractivity contribution < 1.29 is 0 Å². The fourth-order valence-corrected chi connectivity index (χ4v) is 0.289. The second-order valence-electron chi connectivity index (χ2n) is 1.11. The van der Waals surface area contributed by atoms with Gasteiger partial charge in [-0.1, -0.05) is 26.7 Å². The van der Waals surface area contributed by atoms with Gasteiger partial charge in [0.25, 0.3) is 0 Å². The molecule has 6 heavy (non-hydrogen) atoms. The van der Waals surface area contributed by atoms with E-state index in [-0.39, 0.29) is 23.9 Å². The molecular weight excluding hydrogens is 179 g/mol. The van der Waals surface area contributed by atoms with Gasteiger partial charge in [-0.3, -0.25) is 0 Å². The van der Waals surface area contributed by atoms with Gasteiger partial charge in [-0.2, -0.15) is 0 Å². The molecule has 0 nitrogen and oxygen atoms in total. The summed E-state index contributed by atoms with van der Waals surface area (Å²) in [5, 5.41) is 0. The first-order chi connectivity index (χ1) is 2.41. The second kappa shape index (κ2) is 9.25. The first-order valence-electron chi connectivity index (χ1n) is 2.23. The van der Waals surface area contributed by atoms with Crippen molar-refractivity contribution in [3.8, 4) is 0 Å². The molecule has 0 heterocycles. The van der Waals surface area contributed by atoms with Gasteiger partial charge in [0.1, 0.15) is 0 Å². The summed E-state index contributed by atoms with van der Waals surface area (Å²) in [6.07, 6.45) is 4.69. The fraction of sp³-hybridized carbons (Fsp3) is 0.800. The zero-order chi connectivity index (χ0) is 4.12. The van der Waals surface area contributed by atoms with Crippen LogP contribution in [-0.4, -0.2) is 23.9 Å². The maximum atomic E-state index is 2.25. The first kappa shape index (κ1) is 9.93. The summed E-state index contributed by atoms with van der Waals surface area (Å²) in [6, 6.07) is 0. The first-order valence-corrected chi connectivity index (χ1v) is 2.23. The number of hydrogen-bond donors (Lipinski definition) is 0. The molecule has 0 spiro atoms. The minimum absolute atomic E-state index is 0. The molecule has 0 aromatic heterocycles. The standard InChI is InChI=1S/C5H11.Sn.2H/c1-3-5-4-2;;;/h5H,3-4H2,1-2H3;;;. The van der Waals surface area contributed by atoms with E-state index in [0.717, 1.165) is 0 Å². The molecule has 37 valence electrons. The zero-order valence-electron chi connectivity index (χ0n) is 4.70. The van der Waals surface area contributed by atoms with E-state index < -0.39 is 0 Å². The van der Waals surface area contributed by atoms with Gasteiger partial charge in [-0.05, 0) is 6.42 Å². The molecule has 0 amide bonds. The number of hydrogen-bond acceptors (Lipinski definition) is 0. The van der Waals surface area contributed by atoms with E-state index in [2.05, 4.69) is 20.3 Å². The second-order valence-corrected chi connectivity index (χ2v) is 1.11. The van der Waals surface area contributed by atoms with Crippen molar-refractivity contribution in [3.63, 3.8) is 0 Å². The average Bonchev–Trinajstić information content (AvgIpc) is 1.41. The summed E-state index contributed by atoms with van der Waals surface area (Å²) in [5.74, 6) is 0. The number of rotatable bonds is 2. The van der Waals surface area contributed by atoms with Crippen LogP contribution in [0.25, 0.3) is 0 Å². The molecule has 0 unspecified atom stereocenters. The van der Waals surface area contributed by atoms with E-state index in [9.17, 15) is 0 Å². The Morgan fingerprint density at radius 2 is 1.50 bits per heavy atom. The molecule has 0 aliphatic heterocycles. The van der Waals surface area contributed by atoms with Crippen LogP contribution >= 0.6 is 0 Å². The van der Waals surface area contributed by atoms with Gasteiger partial charge in [0.15, 0.2) is 0 Å². The molecule has 3 radical (unpaired) electrons. The molecule has 1 heteroatoms. The van der Waals surface area contributed by atoms with Crippen molar-refractivity contribution >= 4 is 23.9 Å². The normalized spacial score (nSPS) is 7.00. The van der Waals surface area contributed by atoms with Crippen LogP contribution in [0.2, 0.25) is 0 Å². The number of unbranched alkanes of at least 4 members (excludes halogenated alkanes) is 2. The topological polar surface area (TPSA) is 0 Å². The SMILES string of the molecule is CC[CH]CC.[SnH2]. The van der Waals surface area contributed by atoms with Crippen molar-refractivity contribution in [1.29, 1.82) is 0 Å². The molecule has 0 aliphatic rings. The quantitative estimate of drug-likeness (QED) is 0.574. The van der Waals surface area contributed by atoms with Gasteiger partial charge in [0.2, 0.25) is 0 Å². The molecule has 0 aromatic carbocycles. The van der Waals surface area contributed by atoms with E-state index >= 15 is 0 Å². The van der Waals surface area contributed by atoms with Gasteiger partial charge < -0.3 is 0 Å². The Labute approximate surface area is 57.3 Å². The van der Waals surface area contributed by atoms with Crippen LogP contribution in [0.4, 0.5) is 0 Å².